The summed E-state index contributed by atoms with van der Waals surface area (Å²) in [5.41, 5.74) is 1.47. The standard InChI is InChI=1S/C24H19F2N3O2S/c1-2-31-22(30)12-17(15-7-4-3-5-8-15)20-11-16-13-27-21(14-32)28-24(16)29(20)23-18(25)9-6-10-19(23)26/h3-13,32H,2,14H2,1H3/b17-12+. The van der Waals surface area contributed by atoms with E-state index in [1.165, 1.54) is 28.8 Å². The van der Waals surface area contributed by atoms with Crippen molar-refractivity contribution in [1.29, 1.82) is 0 Å². The molecular formula is C24H19F2N3O2S. The normalized spacial score (nSPS) is 11.7. The van der Waals surface area contributed by atoms with Crippen LogP contribution in [0.5, 0.6) is 0 Å². The third kappa shape index (κ3) is 4.13. The second kappa shape index (κ2) is 9.32. The summed E-state index contributed by atoms with van der Waals surface area (Å²) < 4.78 is 36.3. The van der Waals surface area contributed by atoms with Crippen molar-refractivity contribution >= 4 is 35.2 Å². The first-order valence-electron chi connectivity index (χ1n) is 9.90. The molecule has 4 rings (SSSR count). The van der Waals surface area contributed by atoms with Crippen molar-refractivity contribution < 1.29 is 18.3 Å². The van der Waals surface area contributed by atoms with Gasteiger partial charge in [-0.3, -0.25) is 4.57 Å². The minimum atomic E-state index is -0.765. The molecule has 0 bridgehead atoms. The van der Waals surface area contributed by atoms with Gasteiger partial charge in [-0.15, -0.1) is 0 Å². The first-order chi connectivity index (χ1) is 15.5. The van der Waals surface area contributed by atoms with Crippen LogP contribution < -0.4 is 0 Å². The van der Waals surface area contributed by atoms with E-state index >= 15 is 0 Å². The monoisotopic (exact) mass is 451 g/mol. The molecule has 0 atom stereocenters. The Bertz CT molecular complexity index is 1300. The highest BCUT2D eigenvalue weighted by Gasteiger charge is 2.23. The lowest BCUT2D eigenvalue weighted by Crippen LogP contribution is -2.09. The Balaban J connectivity index is 2.09. The van der Waals surface area contributed by atoms with Crippen LogP contribution in [-0.2, 0) is 15.3 Å². The van der Waals surface area contributed by atoms with Crippen LogP contribution in [0.4, 0.5) is 8.78 Å². The van der Waals surface area contributed by atoms with Gasteiger partial charge >= 0.3 is 5.97 Å². The van der Waals surface area contributed by atoms with Gasteiger partial charge in [0, 0.05) is 23.2 Å². The molecule has 0 spiro atoms. The van der Waals surface area contributed by atoms with Crippen molar-refractivity contribution in [3.63, 3.8) is 0 Å². The lowest BCUT2D eigenvalue weighted by atomic mass is 10.0. The molecule has 32 heavy (non-hydrogen) atoms. The minimum Gasteiger partial charge on any atom is -0.463 e. The molecule has 0 fully saturated rings. The zero-order valence-corrected chi connectivity index (χ0v) is 18.0. The van der Waals surface area contributed by atoms with Crippen molar-refractivity contribution in [3.05, 3.63) is 95.6 Å². The van der Waals surface area contributed by atoms with Crippen LogP contribution in [0, 0.1) is 11.6 Å². The van der Waals surface area contributed by atoms with Gasteiger partial charge in [0.25, 0.3) is 0 Å². The summed E-state index contributed by atoms with van der Waals surface area (Å²) in [5, 5.41) is 0.555. The number of carbonyl (C=O) groups is 1. The van der Waals surface area contributed by atoms with Crippen molar-refractivity contribution in [2.45, 2.75) is 12.7 Å². The number of benzene rings is 2. The summed E-state index contributed by atoms with van der Waals surface area (Å²) in [6, 6.07) is 14.4. The zero-order valence-electron chi connectivity index (χ0n) is 17.1. The van der Waals surface area contributed by atoms with Crippen LogP contribution in [-0.4, -0.2) is 27.1 Å². The number of para-hydroxylation sites is 1. The van der Waals surface area contributed by atoms with Crippen LogP contribution in [0.2, 0.25) is 0 Å². The number of hydrogen-bond acceptors (Lipinski definition) is 5. The second-order valence-corrected chi connectivity index (χ2v) is 7.15. The molecule has 0 saturated heterocycles. The number of esters is 1. The van der Waals surface area contributed by atoms with Crippen LogP contribution >= 0.6 is 12.6 Å². The molecule has 0 saturated carbocycles. The minimum absolute atomic E-state index is 0.194. The summed E-state index contributed by atoms with van der Waals surface area (Å²) in [7, 11) is 0. The largest absolute Gasteiger partial charge is 0.463 e. The molecule has 4 aromatic rings. The van der Waals surface area contributed by atoms with E-state index in [2.05, 4.69) is 22.6 Å². The van der Waals surface area contributed by atoms with Crippen molar-refractivity contribution in [3.8, 4) is 5.69 Å². The number of ether oxygens (including phenoxy) is 1. The molecule has 0 N–H and O–H groups in total. The van der Waals surface area contributed by atoms with E-state index in [0.29, 0.717) is 33.7 Å². The Labute approximate surface area is 188 Å². The molecule has 0 aliphatic rings. The van der Waals surface area contributed by atoms with Crippen molar-refractivity contribution in [2.75, 3.05) is 6.61 Å². The Kier molecular flexibility index (Phi) is 6.32. The smallest absolute Gasteiger partial charge is 0.331 e. The van der Waals surface area contributed by atoms with E-state index in [-0.39, 0.29) is 18.0 Å². The van der Waals surface area contributed by atoms with Crippen LogP contribution in [0.3, 0.4) is 0 Å². The van der Waals surface area contributed by atoms with Gasteiger partial charge < -0.3 is 4.74 Å². The molecule has 2 aromatic carbocycles. The van der Waals surface area contributed by atoms with Gasteiger partial charge in [-0.05, 0) is 30.7 Å². The quantitative estimate of drug-likeness (QED) is 0.251. The molecule has 0 unspecified atom stereocenters. The summed E-state index contributed by atoms with van der Waals surface area (Å²) in [6.07, 6.45) is 2.88. The van der Waals surface area contributed by atoms with Crippen LogP contribution in [0.25, 0.3) is 22.3 Å². The Morgan fingerprint density at radius 1 is 1.12 bits per heavy atom. The predicted octanol–water partition coefficient (Wildman–Crippen LogP) is 5.12. The van der Waals surface area contributed by atoms with Gasteiger partial charge in [0.2, 0.25) is 0 Å². The van der Waals surface area contributed by atoms with E-state index in [9.17, 15) is 13.6 Å². The number of carbonyl (C=O) groups excluding carboxylic acids is 1. The first kappa shape index (κ1) is 21.7. The molecule has 0 aliphatic heterocycles. The Morgan fingerprint density at radius 3 is 2.50 bits per heavy atom. The fraction of sp³-hybridized carbons (Fsp3) is 0.125. The highest BCUT2D eigenvalue weighted by molar-refractivity contribution is 7.79. The van der Waals surface area contributed by atoms with E-state index in [0.717, 1.165) is 0 Å². The fourth-order valence-corrected chi connectivity index (χ4v) is 3.60. The molecule has 162 valence electrons. The Morgan fingerprint density at radius 2 is 1.84 bits per heavy atom. The maximum atomic E-state index is 14.9. The predicted molar refractivity (Wildman–Crippen MR) is 122 cm³/mol. The van der Waals surface area contributed by atoms with Gasteiger partial charge in [-0.25, -0.2) is 23.5 Å². The average molecular weight is 451 g/mol. The number of hydrogen-bond donors (Lipinski definition) is 1. The first-order valence-corrected chi connectivity index (χ1v) is 10.5. The van der Waals surface area contributed by atoms with Gasteiger partial charge in [0.1, 0.15) is 28.8 Å². The van der Waals surface area contributed by atoms with Gasteiger partial charge in [-0.1, -0.05) is 36.4 Å². The highest BCUT2D eigenvalue weighted by Crippen LogP contribution is 2.33. The summed E-state index contributed by atoms with van der Waals surface area (Å²) in [6.45, 7) is 1.90. The van der Waals surface area contributed by atoms with Crippen molar-refractivity contribution in [2.24, 2.45) is 0 Å². The highest BCUT2D eigenvalue weighted by atomic mass is 32.1. The molecule has 0 radical (unpaired) electrons. The van der Waals surface area contributed by atoms with E-state index in [4.69, 9.17) is 4.74 Å². The molecule has 2 heterocycles. The number of thiol groups is 1. The van der Waals surface area contributed by atoms with Gasteiger partial charge in [0.05, 0.1) is 18.1 Å². The van der Waals surface area contributed by atoms with E-state index in [1.54, 1.807) is 31.3 Å². The lowest BCUT2D eigenvalue weighted by molar-refractivity contribution is -0.137. The summed E-state index contributed by atoms with van der Waals surface area (Å²) in [4.78, 5) is 21.1. The van der Waals surface area contributed by atoms with Crippen LogP contribution in [0.1, 0.15) is 24.0 Å². The van der Waals surface area contributed by atoms with Gasteiger partial charge in [-0.2, -0.15) is 12.6 Å². The van der Waals surface area contributed by atoms with Crippen LogP contribution in [0.15, 0.2) is 66.9 Å². The SMILES string of the molecule is CCOC(=O)/C=C(\c1ccccc1)c1cc2cnc(CS)nc2n1-c1c(F)cccc1F. The molecule has 0 aliphatic carbocycles. The topological polar surface area (TPSA) is 57.0 Å². The molecule has 2 aromatic heterocycles. The third-order valence-electron chi connectivity index (χ3n) is 4.80. The molecule has 8 heteroatoms. The molecule has 0 amide bonds. The summed E-state index contributed by atoms with van der Waals surface area (Å²) >= 11 is 4.22. The van der Waals surface area contributed by atoms with Crippen molar-refractivity contribution in [1.82, 2.24) is 14.5 Å². The number of rotatable bonds is 6. The lowest BCUT2D eigenvalue weighted by Gasteiger charge is -2.15. The summed E-state index contributed by atoms with van der Waals surface area (Å²) in [5.74, 6) is -1.45. The van der Waals surface area contributed by atoms with E-state index < -0.39 is 17.6 Å². The van der Waals surface area contributed by atoms with E-state index in [1.807, 2.05) is 18.2 Å². The number of halogens is 2. The number of fused-ring (bicyclic) bond motifs is 1. The Hall–Kier alpha value is -3.52. The van der Waals surface area contributed by atoms with Gasteiger partial charge in [0.15, 0.2) is 0 Å². The third-order valence-corrected chi connectivity index (χ3v) is 5.09. The fourth-order valence-electron chi connectivity index (χ4n) is 3.45. The maximum absolute atomic E-state index is 14.9. The average Bonchev–Trinajstić information content (AvgIpc) is 3.16. The maximum Gasteiger partial charge on any atom is 0.331 e. The molecular weight excluding hydrogens is 432 g/mol. The number of aromatic nitrogens is 3. The second-order valence-electron chi connectivity index (χ2n) is 6.83. The molecule has 5 nitrogen and oxygen atoms in total. The zero-order chi connectivity index (χ0) is 22.7. The number of nitrogens with zero attached hydrogens (tertiary/aromatic N) is 3.